The monoisotopic (exact) mass is 504 g/mol. The highest BCUT2D eigenvalue weighted by Gasteiger charge is 2.30. The lowest BCUT2D eigenvalue weighted by molar-refractivity contribution is 0.526. The molecule has 0 amide bonds. The van der Waals surface area contributed by atoms with Crippen molar-refractivity contribution in [2.75, 3.05) is 11.6 Å². The van der Waals surface area contributed by atoms with Crippen LogP contribution < -0.4 is 10.9 Å². The first kappa shape index (κ1) is 24.1. The first-order valence-electron chi connectivity index (χ1n) is 12.0. The van der Waals surface area contributed by atoms with Crippen LogP contribution in [0.3, 0.4) is 0 Å². The zero-order valence-corrected chi connectivity index (χ0v) is 21.5. The SMILES string of the molecule is CC[C@@H](C)n1c(=O)c(NCc2ccc(S(C)=O)nc2)nc2cnc(-c3c(C)ncnc3C3CC3)nc21. The van der Waals surface area contributed by atoms with E-state index in [-0.39, 0.29) is 17.4 Å². The summed E-state index contributed by atoms with van der Waals surface area (Å²) in [5.74, 6) is 1.14. The van der Waals surface area contributed by atoms with Crippen LogP contribution in [0, 0.1) is 6.92 Å². The van der Waals surface area contributed by atoms with Gasteiger partial charge in [-0.25, -0.2) is 29.9 Å². The van der Waals surface area contributed by atoms with Gasteiger partial charge in [-0.1, -0.05) is 13.0 Å². The molecule has 0 spiro atoms. The van der Waals surface area contributed by atoms with Crippen molar-refractivity contribution in [3.63, 3.8) is 0 Å². The number of pyridine rings is 1. The topological polar surface area (TPSA) is 128 Å². The molecule has 5 rings (SSSR count). The van der Waals surface area contributed by atoms with Gasteiger partial charge in [0.15, 0.2) is 17.3 Å². The first-order valence-corrected chi connectivity index (χ1v) is 13.6. The quantitative estimate of drug-likeness (QED) is 0.383. The molecule has 186 valence electrons. The summed E-state index contributed by atoms with van der Waals surface area (Å²) >= 11 is 0. The summed E-state index contributed by atoms with van der Waals surface area (Å²) in [5, 5.41) is 3.65. The number of rotatable bonds is 8. The maximum Gasteiger partial charge on any atom is 0.295 e. The van der Waals surface area contributed by atoms with Gasteiger partial charge >= 0.3 is 0 Å². The van der Waals surface area contributed by atoms with E-state index in [1.165, 1.54) is 0 Å². The van der Waals surface area contributed by atoms with E-state index in [1.54, 1.807) is 35.6 Å². The number of nitrogens with one attached hydrogen (secondary N) is 1. The lowest BCUT2D eigenvalue weighted by atomic mass is 10.1. The molecule has 1 N–H and O–H groups in total. The molecule has 0 radical (unpaired) electrons. The van der Waals surface area contributed by atoms with E-state index in [0.717, 1.165) is 41.8 Å². The average Bonchev–Trinajstić information content (AvgIpc) is 3.72. The van der Waals surface area contributed by atoms with Crippen molar-refractivity contribution in [2.45, 2.75) is 63.6 Å². The standard InChI is InChI=1S/C25H28N8O2S/c1-5-14(2)33-24-18(12-28-22(32-24)20-15(3)29-13-30-21(20)17-7-8-17)31-23(25(33)34)27-11-16-6-9-19(26-10-16)36(4)35/h6,9-10,12-14,17H,5,7-8,11H2,1-4H3,(H,27,31)/t14-,36?/m1/s1. The predicted molar refractivity (Wildman–Crippen MR) is 138 cm³/mol. The van der Waals surface area contributed by atoms with Gasteiger partial charge in [0.25, 0.3) is 5.56 Å². The Balaban J connectivity index is 1.56. The average molecular weight is 505 g/mol. The Morgan fingerprint density at radius 3 is 2.61 bits per heavy atom. The van der Waals surface area contributed by atoms with E-state index in [0.29, 0.717) is 34.5 Å². The number of aromatic nitrogens is 7. The predicted octanol–water partition coefficient (Wildman–Crippen LogP) is 3.54. The molecular formula is C25H28N8O2S. The smallest absolute Gasteiger partial charge is 0.295 e. The highest BCUT2D eigenvalue weighted by molar-refractivity contribution is 7.84. The van der Waals surface area contributed by atoms with Gasteiger partial charge in [-0.05, 0) is 44.7 Å². The second kappa shape index (κ2) is 9.81. The summed E-state index contributed by atoms with van der Waals surface area (Å²) in [4.78, 5) is 40.7. The number of aryl methyl sites for hydroxylation is 1. The second-order valence-electron chi connectivity index (χ2n) is 9.10. The Kier molecular flexibility index (Phi) is 6.57. The molecule has 0 aromatic carbocycles. The molecule has 4 aromatic heterocycles. The molecule has 1 aliphatic carbocycles. The molecule has 1 fully saturated rings. The van der Waals surface area contributed by atoms with E-state index in [9.17, 15) is 9.00 Å². The maximum absolute atomic E-state index is 13.5. The van der Waals surface area contributed by atoms with Crippen LogP contribution in [0.5, 0.6) is 0 Å². The van der Waals surface area contributed by atoms with Gasteiger partial charge in [0.1, 0.15) is 16.9 Å². The van der Waals surface area contributed by atoms with Gasteiger partial charge in [-0.15, -0.1) is 0 Å². The van der Waals surface area contributed by atoms with Gasteiger partial charge in [0, 0.05) is 31.0 Å². The number of fused-ring (bicyclic) bond motifs is 1. The molecule has 4 heterocycles. The Hall–Kier alpha value is -3.60. The third-order valence-electron chi connectivity index (χ3n) is 6.47. The molecule has 0 saturated heterocycles. The van der Waals surface area contributed by atoms with Crippen molar-refractivity contribution >= 4 is 27.8 Å². The fourth-order valence-corrected chi connectivity index (χ4v) is 4.60. The molecule has 10 nitrogen and oxygen atoms in total. The van der Waals surface area contributed by atoms with E-state index in [2.05, 4.69) is 30.2 Å². The van der Waals surface area contributed by atoms with Crippen molar-refractivity contribution in [1.82, 2.24) is 34.5 Å². The van der Waals surface area contributed by atoms with Gasteiger partial charge in [-0.2, -0.15) is 0 Å². The number of anilines is 1. The fraction of sp³-hybridized carbons (Fsp3) is 0.400. The molecule has 36 heavy (non-hydrogen) atoms. The van der Waals surface area contributed by atoms with E-state index in [4.69, 9.17) is 4.98 Å². The normalized spacial score (nSPS) is 15.1. The molecular weight excluding hydrogens is 476 g/mol. The third kappa shape index (κ3) is 4.62. The largest absolute Gasteiger partial charge is 0.361 e. The number of nitrogens with zero attached hydrogens (tertiary/aromatic N) is 7. The van der Waals surface area contributed by atoms with Crippen LogP contribution in [-0.4, -0.2) is 44.9 Å². The van der Waals surface area contributed by atoms with Crippen LogP contribution in [0.25, 0.3) is 22.6 Å². The summed E-state index contributed by atoms with van der Waals surface area (Å²) in [5.41, 5.74) is 4.25. The summed E-state index contributed by atoms with van der Waals surface area (Å²) in [6.07, 6.45) is 9.43. The van der Waals surface area contributed by atoms with E-state index < -0.39 is 10.8 Å². The van der Waals surface area contributed by atoms with Crippen LogP contribution in [0.4, 0.5) is 5.82 Å². The second-order valence-corrected chi connectivity index (χ2v) is 10.4. The third-order valence-corrected chi connectivity index (χ3v) is 7.30. The van der Waals surface area contributed by atoms with Crippen LogP contribution in [0.2, 0.25) is 0 Å². The minimum absolute atomic E-state index is 0.0946. The molecule has 2 atom stereocenters. The summed E-state index contributed by atoms with van der Waals surface area (Å²) in [6, 6.07) is 3.46. The Morgan fingerprint density at radius 1 is 1.14 bits per heavy atom. The van der Waals surface area contributed by atoms with Crippen LogP contribution in [-0.2, 0) is 17.3 Å². The van der Waals surface area contributed by atoms with Crippen LogP contribution in [0.1, 0.15) is 62.0 Å². The Morgan fingerprint density at radius 2 is 1.94 bits per heavy atom. The Bertz CT molecular complexity index is 1520. The molecule has 1 aliphatic rings. The van der Waals surface area contributed by atoms with E-state index in [1.807, 2.05) is 26.8 Å². The van der Waals surface area contributed by atoms with Gasteiger partial charge in [0.2, 0.25) is 0 Å². The minimum Gasteiger partial charge on any atom is -0.361 e. The van der Waals surface area contributed by atoms with Crippen molar-refractivity contribution < 1.29 is 4.21 Å². The zero-order chi connectivity index (χ0) is 25.4. The highest BCUT2D eigenvalue weighted by Crippen LogP contribution is 2.43. The minimum atomic E-state index is -1.14. The zero-order valence-electron chi connectivity index (χ0n) is 20.7. The van der Waals surface area contributed by atoms with Gasteiger partial charge in [0.05, 0.1) is 33.9 Å². The van der Waals surface area contributed by atoms with Crippen molar-refractivity contribution in [3.05, 3.63) is 58.2 Å². The van der Waals surface area contributed by atoms with Crippen molar-refractivity contribution in [3.8, 4) is 11.4 Å². The van der Waals surface area contributed by atoms with Crippen LogP contribution in [0.15, 0.2) is 40.7 Å². The van der Waals surface area contributed by atoms with Gasteiger partial charge < -0.3 is 5.32 Å². The van der Waals surface area contributed by atoms with Crippen molar-refractivity contribution in [1.29, 1.82) is 0 Å². The molecule has 0 bridgehead atoms. The van der Waals surface area contributed by atoms with Crippen molar-refractivity contribution in [2.24, 2.45) is 0 Å². The molecule has 4 aromatic rings. The number of hydrogen-bond acceptors (Lipinski definition) is 9. The lowest BCUT2D eigenvalue weighted by Gasteiger charge is -2.18. The summed E-state index contributed by atoms with van der Waals surface area (Å²) < 4.78 is 13.3. The summed E-state index contributed by atoms with van der Waals surface area (Å²) in [6.45, 7) is 6.31. The van der Waals surface area contributed by atoms with E-state index >= 15 is 0 Å². The molecule has 0 aliphatic heterocycles. The molecule has 1 saturated carbocycles. The lowest BCUT2D eigenvalue weighted by Crippen LogP contribution is -2.28. The Labute approximate surface area is 211 Å². The number of hydrogen-bond donors (Lipinski definition) is 1. The van der Waals surface area contributed by atoms with Gasteiger partial charge in [-0.3, -0.25) is 13.6 Å². The summed E-state index contributed by atoms with van der Waals surface area (Å²) in [7, 11) is -1.14. The molecule has 11 heteroatoms. The molecule has 1 unspecified atom stereocenters. The highest BCUT2D eigenvalue weighted by atomic mass is 32.2. The van der Waals surface area contributed by atoms with Crippen LogP contribution >= 0.6 is 0 Å². The first-order chi connectivity index (χ1) is 17.4. The maximum atomic E-state index is 13.5. The fourth-order valence-electron chi connectivity index (χ4n) is 4.13.